The molecule has 0 radical (unpaired) electrons. The van der Waals surface area contributed by atoms with Crippen molar-refractivity contribution in [3.63, 3.8) is 0 Å². The highest BCUT2D eigenvalue weighted by Crippen LogP contribution is 2.76. The maximum atomic E-state index is 5.63. The summed E-state index contributed by atoms with van der Waals surface area (Å²) in [5, 5.41) is 0. The van der Waals surface area contributed by atoms with Gasteiger partial charge in [0.05, 0.1) is 32.2 Å². The summed E-state index contributed by atoms with van der Waals surface area (Å²) in [4.78, 5) is 0. The summed E-state index contributed by atoms with van der Waals surface area (Å²) < 4.78 is 16.5. The summed E-state index contributed by atoms with van der Waals surface area (Å²) in [6.45, 7) is 0. The molecule has 0 fully saturated rings. The van der Waals surface area contributed by atoms with Crippen LogP contribution in [-0.2, 0) is 10.8 Å². The van der Waals surface area contributed by atoms with Gasteiger partial charge >= 0.3 is 0 Å². The SMILES string of the molecule is COc1ccc([C@@]23c4ccccc4[C@]2(c2ccc(OC)cc2)c2cc(OC)ccc23)cc1. The maximum Gasteiger partial charge on any atom is 0.119 e. The predicted molar refractivity (Wildman–Crippen MR) is 125 cm³/mol. The van der Waals surface area contributed by atoms with Gasteiger partial charge in [-0.05, 0) is 69.8 Å². The first-order chi connectivity index (χ1) is 15.7. The Bertz CT molecular complexity index is 1320. The van der Waals surface area contributed by atoms with Gasteiger partial charge in [-0.2, -0.15) is 0 Å². The first-order valence-corrected chi connectivity index (χ1v) is 10.8. The van der Waals surface area contributed by atoms with Crippen LogP contribution in [0.3, 0.4) is 0 Å². The largest absolute Gasteiger partial charge is 0.497 e. The first kappa shape index (κ1) is 19.0. The van der Waals surface area contributed by atoms with Crippen LogP contribution < -0.4 is 14.2 Å². The molecule has 2 aliphatic carbocycles. The van der Waals surface area contributed by atoms with Crippen molar-refractivity contribution in [3.05, 3.63) is 124 Å². The second kappa shape index (κ2) is 6.64. The van der Waals surface area contributed by atoms with E-state index < -0.39 is 0 Å². The highest BCUT2D eigenvalue weighted by molar-refractivity contribution is 5.86. The summed E-state index contributed by atoms with van der Waals surface area (Å²) in [6, 6.07) is 32.4. The lowest BCUT2D eigenvalue weighted by Gasteiger charge is -2.69. The fourth-order valence-electron chi connectivity index (χ4n) is 6.13. The minimum Gasteiger partial charge on any atom is -0.497 e. The molecule has 158 valence electrons. The van der Waals surface area contributed by atoms with Crippen LogP contribution in [0.25, 0.3) is 0 Å². The summed E-state index contributed by atoms with van der Waals surface area (Å²) in [6.07, 6.45) is 0. The monoisotopic (exact) mass is 420 g/mol. The fraction of sp³-hybridized carbons (Fsp3) is 0.172. The van der Waals surface area contributed by atoms with Gasteiger partial charge in [0.2, 0.25) is 0 Å². The number of rotatable bonds is 5. The van der Waals surface area contributed by atoms with Crippen molar-refractivity contribution in [2.45, 2.75) is 10.8 Å². The van der Waals surface area contributed by atoms with E-state index in [-0.39, 0.29) is 10.8 Å². The number of hydrogen-bond acceptors (Lipinski definition) is 3. The molecular weight excluding hydrogens is 396 g/mol. The first-order valence-electron chi connectivity index (χ1n) is 10.8. The van der Waals surface area contributed by atoms with Crippen LogP contribution in [0.5, 0.6) is 17.2 Å². The normalized spacial score (nSPS) is 21.8. The minimum atomic E-state index is -0.283. The van der Waals surface area contributed by atoms with Crippen LogP contribution in [0.2, 0.25) is 0 Å². The molecule has 2 atom stereocenters. The second-order valence-corrected chi connectivity index (χ2v) is 8.41. The Labute approximate surface area is 188 Å². The third-order valence-corrected chi connectivity index (χ3v) is 7.38. The van der Waals surface area contributed by atoms with Crippen molar-refractivity contribution in [1.29, 1.82) is 0 Å². The van der Waals surface area contributed by atoms with Gasteiger partial charge in [0.15, 0.2) is 0 Å². The molecule has 0 heterocycles. The zero-order valence-corrected chi connectivity index (χ0v) is 18.4. The van der Waals surface area contributed by atoms with Gasteiger partial charge in [-0.15, -0.1) is 0 Å². The standard InChI is InChI=1S/C29H24O3/c1-30-21-12-8-19(9-13-21)28-24-6-4-5-7-25(24)29(28,20-10-14-22(31-2)15-11-20)27-18-23(32-3)16-17-26(27)28/h4-18H,1-3H3/t28-,29+/m0/s1. The van der Waals surface area contributed by atoms with Crippen LogP contribution in [0.15, 0.2) is 91.0 Å². The van der Waals surface area contributed by atoms with Crippen molar-refractivity contribution >= 4 is 0 Å². The van der Waals surface area contributed by atoms with Crippen LogP contribution in [0.1, 0.15) is 33.4 Å². The van der Waals surface area contributed by atoms with E-state index in [1.165, 1.54) is 33.4 Å². The van der Waals surface area contributed by atoms with E-state index in [0.717, 1.165) is 17.2 Å². The molecule has 0 spiro atoms. The third kappa shape index (κ3) is 2.02. The quantitative estimate of drug-likeness (QED) is 0.414. The lowest BCUT2D eigenvalue weighted by molar-refractivity contribution is 0.286. The second-order valence-electron chi connectivity index (χ2n) is 8.41. The lowest BCUT2D eigenvalue weighted by atomic mass is 9.30. The zero-order chi connectivity index (χ0) is 21.9. The van der Waals surface area contributed by atoms with E-state index in [9.17, 15) is 0 Å². The minimum absolute atomic E-state index is 0.258. The van der Waals surface area contributed by atoms with Crippen LogP contribution in [-0.4, -0.2) is 21.3 Å². The molecule has 0 aliphatic heterocycles. The van der Waals surface area contributed by atoms with Crippen molar-refractivity contribution in [1.82, 2.24) is 0 Å². The van der Waals surface area contributed by atoms with E-state index >= 15 is 0 Å². The van der Waals surface area contributed by atoms with Crippen molar-refractivity contribution in [2.24, 2.45) is 0 Å². The zero-order valence-electron chi connectivity index (χ0n) is 18.4. The van der Waals surface area contributed by atoms with Gasteiger partial charge < -0.3 is 14.2 Å². The molecule has 0 saturated carbocycles. The van der Waals surface area contributed by atoms with E-state index in [1.54, 1.807) is 21.3 Å². The van der Waals surface area contributed by atoms with E-state index in [4.69, 9.17) is 14.2 Å². The molecule has 3 nitrogen and oxygen atoms in total. The number of benzene rings is 4. The summed E-state index contributed by atoms with van der Waals surface area (Å²) in [5.41, 5.74) is 7.33. The molecule has 4 aromatic rings. The molecule has 0 N–H and O–H groups in total. The number of ether oxygens (including phenoxy) is 3. The fourth-order valence-corrected chi connectivity index (χ4v) is 6.13. The van der Waals surface area contributed by atoms with Gasteiger partial charge in [0.1, 0.15) is 17.2 Å². The Balaban J connectivity index is 1.70. The average molecular weight is 421 g/mol. The lowest BCUT2D eigenvalue weighted by Crippen LogP contribution is -2.68. The van der Waals surface area contributed by atoms with Crippen LogP contribution in [0.4, 0.5) is 0 Å². The van der Waals surface area contributed by atoms with Crippen molar-refractivity contribution in [2.75, 3.05) is 21.3 Å². The van der Waals surface area contributed by atoms with Gasteiger partial charge in [-0.1, -0.05) is 54.6 Å². The molecule has 0 amide bonds. The van der Waals surface area contributed by atoms with E-state index in [1.807, 2.05) is 0 Å². The molecule has 3 heteroatoms. The number of fused-ring (bicyclic) bond motifs is 7. The Kier molecular flexibility index (Phi) is 3.94. The van der Waals surface area contributed by atoms with Gasteiger partial charge in [0, 0.05) is 0 Å². The van der Waals surface area contributed by atoms with Gasteiger partial charge in [-0.25, -0.2) is 0 Å². The molecular formula is C29H24O3. The smallest absolute Gasteiger partial charge is 0.119 e. The number of hydrogen-bond donors (Lipinski definition) is 0. The Hall–Kier alpha value is -3.72. The van der Waals surface area contributed by atoms with E-state index in [2.05, 4.69) is 91.0 Å². The third-order valence-electron chi connectivity index (χ3n) is 7.38. The Morgan fingerprint density at radius 1 is 0.438 bits per heavy atom. The van der Waals surface area contributed by atoms with Crippen LogP contribution in [0, 0.1) is 0 Å². The summed E-state index contributed by atoms with van der Waals surface area (Å²) >= 11 is 0. The molecule has 6 rings (SSSR count). The average Bonchev–Trinajstić information content (AvgIpc) is 2.85. The van der Waals surface area contributed by atoms with Crippen molar-refractivity contribution < 1.29 is 14.2 Å². The summed E-state index contributed by atoms with van der Waals surface area (Å²) in [5.74, 6) is 2.60. The molecule has 4 aromatic carbocycles. The Morgan fingerprint density at radius 3 is 1.31 bits per heavy atom. The molecule has 0 unspecified atom stereocenters. The molecule has 0 aromatic heterocycles. The topological polar surface area (TPSA) is 27.7 Å². The molecule has 0 bridgehead atoms. The highest BCUT2D eigenvalue weighted by atomic mass is 16.5. The Morgan fingerprint density at radius 2 is 0.844 bits per heavy atom. The maximum absolute atomic E-state index is 5.63. The van der Waals surface area contributed by atoms with Gasteiger partial charge in [0.25, 0.3) is 0 Å². The predicted octanol–water partition coefficient (Wildman–Crippen LogP) is 5.71. The number of methoxy groups -OCH3 is 3. The summed E-state index contributed by atoms with van der Waals surface area (Å²) in [7, 11) is 5.14. The molecule has 2 aliphatic rings. The van der Waals surface area contributed by atoms with E-state index in [0.29, 0.717) is 0 Å². The van der Waals surface area contributed by atoms with Crippen LogP contribution >= 0.6 is 0 Å². The molecule has 0 saturated heterocycles. The van der Waals surface area contributed by atoms with Crippen molar-refractivity contribution in [3.8, 4) is 17.2 Å². The highest BCUT2D eigenvalue weighted by Gasteiger charge is 2.73. The molecule has 32 heavy (non-hydrogen) atoms. The van der Waals surface area contributed by atoms with Gasteiger partial charge in [-0.3, -0.25) is 0 Å².